The van der Waals surface area contributed by atoms with Gasteiger partial charge in [0.15, 0.2) is 0 Å². The third kappa shape index (κ3) is 1.89. The first-order valence-corrected chi connectivity index (χ1v) is 5.19. The van der Waals surface area contributed by atoms with Gasteiger partial charge in [-0.05, 0) is 0 Å². The Morgan fingerprint density at radius 2 is 2.15 bits per heavy atom. The van der Waals surface area contributed by atoms with Crippen molar-refractivity contribution in [2.24, 2.45) is 0 Å². The standard InChI is InChI=1S/C7H13N5S/c1-8-6-10-11-7(13-6)12-4-2-9-3-5-12/h9H,2-5H2,1H3,(H,8,10). The number of piperazine rings is 1. The number of rotatable bonds is 2. The molecule has 0 amide bonds. The lowest BCUT2D eigenvalue weighted by Gasteiger charge is -2.26. The molecule has 0 aliphatic carbocycles. The molecular weight excluding hydrogens is 186 g/mol. The lowest BCUT2D eigenvalue weighted by atomic mass is 10.4. The van der Waals surface area contributed by atoms with Crippen molar-refractivity contribution in [2.75, 3.05) is 43.4 Å². The Labute approximate surface area is 81.2 Å². The van der Waals surface area contributed by atoms with Gasteiger partial charge >= 0.3 is 0 Å². The number of nitrogens with zero attached hydrogens (tertiary/aromatic N) is 3. The minimum Gasteiger partial charge on any atom is -0.363 e. The van der Waals surface area contributed by atoms with Gasteiger partial charge in [-0.25, -0.2) is 0 Å². The Kier molecular flexibility index (Phi) is 2.60. The molecule has 0 atom stereocenters. The highest BCUT2D eigenvalue weighted by Gasteiger charge is 2.14. The first-order chi connectivity index (χ1) is 6.40. The van der Waals surface area contributed by atoms with Crippen molar-refractivity contribution in [3.8, 4) is 0 Å². The normalized spacial score (nSPS) is 17.5. The van der Waals surface area contributed by atoms with Crippen molar-refractivity contribution in [3.63, 3.8) is 0 Å². The van der Waals surface area contributed by atoms with Crippen LogP contribution in [0.3, 0.4) is 0 Å². The van der Waals surface area contributed by atoms with E-state index in [1.165, 1.54) is 0 Å². The predicted octanol–water partition coefficient (Wildman–Crippen LogP) is -0.0106. The molecule has 1 saturated heterocycles. The van der Waals surface area contributed by atoms with Crippen LogP contribution in [0, 0.1) is 0 Å². The Hall–Kier alpha value is -0.880. The number of aromatic nitrogens is 2. The fourth-order valence-electron chi connectivity index (χ4n) is 1.30. The maximum absolute atomic E-state index is 4.11. The second kappa shape index (κ2) is 3.89. The van der Waals surface area contributed by atoms with Crippen molar-refractivity contribution in [1.82, 2.24) is 15.5 Å². The highest BCUT2D eigenvalue weighted by molar-refractivity contribution is 7.19. The van der Waals surface area contributed by atoms with Crippen molar-refractivity contribution < 1.29 is 0 Å². The van der Waals surface area contributed by atoms with Gasteiger partial charge in [0.05, 0.1) is 0 Å². The molecule has 72 valence electrons. The highest BCUT2D eigenvalue weighted by Crippen LogP contribution is 2.23. The van der Waals surface area contributed by atoms with Crippen LogP contribution in [0.4, 0.5) is 10.3 Å². The van der Waals surface area contributed by atoms with Crippen LogP contribution in [0.15, 0.2) is 0 Å². The summed E-state index contributed by atoms with van der Waals surface area (Å²) >= 11 is 1.60. The fourth-order valence-corrected chi connectivity index (χ4v) is 2.05. The molecule has 1 aliphatic rings. The van der Waals surface area contributed by atoms with E-state index < -0.39 is 0 Å². The molecule has 1 aromatic heterocycles. The zero-order valence-corrected chi connectivity index (χ0v) is 8.39. The van der Waals surface area contributed by atoms with Crippen LogP contribution >= 0.6 is 11.3 Å². The van der Waals surface area contributed by atoms with Crippen LogP contribution in [-0.4, -0.2) is 43.4 Å². The molecule has 0 bridgehead atoms. The van der Waals surface area contributed by atoms with Gasteiger partial charge < -0.3 is 15.5 Å². The molecule has 1 aromatic rings. The number of hydrogen-bond acceptors (Lipinski definition) is 6. The number of nitrogens with one attached hydrogen (secondary N) is 2. The van der Waals surface area contributed by atoms with Gasteiger partial charge in [0.1, 0.15) is 0 Å². The maximum Gasteiger partial charge on any atom is 0.210 e. The Balaban J connectivity index is 2.05. The van der Waals surface area contributed by atoms with Gasteiger partial charge in [0.2, 0.25) is 10.3 Å². The average molecular weight is 199 g/mol. The van der Waals surface area contributed by atoms with E-state index in [9.17, 15) is 0 Å². The van der Waals surface area contributed by atoms with Gasteiger partial charge in [0.25, 0.3) is 0 Å². The molecule has 1 aliphatic heterocycles. The van der Waals surface area contributed by atoms with Crippen LogP contribution in [0.25, 0.3) is 0 Å². The summed E-state index contributed by atoms with van der Waals surface area (Å²) in [6.45, 7) is 4.12. The number of hydrogen-bond donors (Lipinski definition) is 2. The second-order valence-electron chi connectivity index (χ2n) is 2.88. The van der Waals surface area contributed by atoms with E-state index in [0.29, 0.717) is 0 Å². The molecule has 0 radical (unpaired) electrons. The van der Waals surface area contributed by atoms with E-state index in [-0.39, 0.29) is 0 Å². The first-order valence-electron chi connectivity index (χ1n) is 4.37. The van der Waals surface area contributed by atoms with Crippen LogP contribution in [0.2, 0.25) is 0 Å². The van der Waals surface area contributed by atoms with Crippen molar-refractivity contribution >= 4 is 21.6 Å². The fraction of sp³-hybridized carbons (Fsp3) is 0.714. The summed E-state index contributed by atoms with van der Waals surface area (Å²) in [5.41, 5.74) is 0. The van der Waals surface area contributed by atoms with Gasteiger partial charge in [-0.2, -0.15) is 0 Å². The molecule has 2 N–H and O–H groups in total. The quantitative estimate of drug-likeness (QED) is 0.701. The van der Waals surface area contributed by atoms with Crippen molar-refractivity contribution in [2.45, 2.75) is 0 Å². The maximum atomic E-state index is 4.11. The van der Waals surface area contributed by atoms with Crippen LogP contribution < -0.4 is 15.5 Å². The molecule has 1 fully saturated rings. The van der Waals surface area contributed by atoms with Crippen LogP contribution in [0.5, 0.6) is 0 Å². The van der Waals surface area contributed by atoms with Crippen LogP contribution in [0.1, 0.15) is 0 Å². The molecule has 6 heteroatoms. The number of anilines is 2. The van der Waals surface area contributed by atoms with Crippen molar-refractivity contribution in [3.05, 3.63) is 0 Å². The summed E-state index contributed by atoms with van der Waals surface area (Å²) in [6, 6.07) is 0. The van der Waals surface area contributed by atoms with Crippen LogP contribution in [-0.2, 0) is 0 Å². The third-order valence-corrected chi connectivity index (χ3v) is 3.02. The summed E-state index contributed by atoms with van der Waals surface area (Å²) in [5.74, 6) is 0. The van der Waals surface area contributed by atoms with E-state index in [2.05, 4.69) is 25.7 Å². The van der Waals surface area contributed by atoms with E-state index in [4.69, 9.17) is 0 Å². The van der Waals surface area contributed by atoms with E-state index in [0.717, 1.165) is 36.4 Å². The summed E-state index contributed by atoms with van der Waals surface area (Å²) in [7, 11) is 1.86. The summed E-state index contributed by atoms with van der Waals surface area (Å²) in [6.07, 6.45) is 0. The molecule has 0 saturated carbocycles. The zero-order chi connectivity index (χ0) is 9.10. The van der Waals surface area contributed by atoms with Crippen molar-refractivity contribution in [1.29, 1.82) is 0 Å². The Morgan fingerprint density at radius 3 is 2.77 bits per heavy atom. The molecule has 2 heterocycles. The first kappa shape index (κ1) is 8.71. The smallest absolute Gasteiger partial charge is 0.210 e. The van der Waals surface area contributed by atoms with E-state index >= 15 is 0 Å². The molecule has 5 nitrogen and oxygen atoms in total. The van der Waals surface area contributed by atoms with E-state index in [1.54, 1.807) is 11.3 Å². The molecular formula is C7H13N5S. The van der Waals surface area contributed by atoms with Gasteiger partial charge in [-0.1, -0.05) is 11.3 Å². The monoisotopic (exact) mass is 199 g/mol. The highest BCUT2D eigenvalue weighted by atomic mass is 32.1. The minimum atomic E-state index is 0.883. The second-order valence-corrected chi connectivity index (χ2v) is 3.83. The molecule has 0 spiro atoms. The van der Waals surface area contributed by atoms with Gasteiger partial charge in [0, 0.05) is 33.2 Å². The predicted molar refractivity (Wildman–Crippen MR) is 54.5 cm³/mol. The molecule has 2 rings (SSSR count). The minimum absolute atomic E-state index is 0.883. The largest absolute Gasteiger partial charge is 0.363 e. The summed E-state index contributed by atoms with van der Waals surface area (Å²) < 4.78 is 0. The average Bonchev–Trinajstić information content (AvgIpc) is 2.67. The Bertz CT molecular complexity index is 268. The molecule has 0 unspecified atom stereocenters. The van der Waals surface area contributed by atoms with E-state index in [1.807, 2.05) is 7.05 Å². The topological polar surface area (TPSA) is 53.1 Å². The zero-order valence-electron chi connectivity index (χ0n) is 7.58. The van der Waals surface area contributed by atoms with Gasteiger partial charge in [-0.15, -0.1) is 10.2 Å². The lowest BCUT2D eigenvalue weighted by Crippen LogP contribution is -2.43. The Morgan fingerprint density at radius 1 is 1.38 bits per heavy atom. The lowest BCUT2D eigenvalue weighted by molar-refractivity contribution is 0.587. The summed E-state index contributed by atoms with van der Waals surface area (Å²) in [4.78, 5) is 2.26. The van der Waals surface area contributed by atoms with Gasteiger partial charge in [-0.3, -0.25) is 0 Å². The summed E-state index contributed by atoms with van der Waals surface area (Å²) in [5, 5.41) is 16.3. The molecule has 0 aromatic carbocycles. The third-order valence-electron chi connectivity index (χ3n) is 2.02. The SMILES string of the molecule is CNc1nnc(N2CCNCC2)s1. The molecule has 13 heavy (non-hydrogen) atoms.